The van der Waals surface area contributed by atoms with Crippen molar-refractivity contribution in [1.29, 1.82) is 0 Å². The number of imidazole rings is 1. The molecule has 5 N–H and O–H groups in total. The Balaban J connectivity index is 1.88. The largest absolute Gasteiger partial charge is 0.399 e. The van der Waals surface area contributed by atoms with Crippen LogP contribution in [-0.4, -0.2) is 46.5 Å². The van der Waals surface area contributed by atoms with Crippen LogP contribution in [0.1, 0.15) is 0 Å². The SMILES string of the molecule is Nc1ccc2[nH]c(-c3ccc(N(CCO)CCO)cc3)nc2c1. The lowest BCUT2D eigenvalue weighted by Crippen LogP contribution is -2.29. The fourth-order valence-corrected chi connectivity index (χ4v) is 2.60. The molecule has 0 atom stereocenters. The van der Waals surface area contributed by atoms with E-state index in [1.165, 1.54) is 0 Å². The Morgan fingerprint density at radius 1 is 1.00 bits per heavy atom. The molecule has 6 heteroatoms. The maximum absolute atomic E-state index is 9.11. The molecule has 3 rings (SSSR count). The van der Waals surface area contributed by atoms with Crippen molar-refractivity contribution in [2.75, 3.05) is 36.9 Å². The Morgan fingerprint density at radius 2 is 1.70 bits per heavy atom. The van der Waals surface area contributed by atoms with Gasteiger partial charge in [0.15, 0.2) is 0 Å². The van der Waals surface area contributed by atoms with Crippen LogP contribution in [0.4, 0.5) is 11.4 Å². The zero-order valence-electron chi connectivity index (χ0n) is 12.7. The average Bonchev–Trinajstić information content (AvgIpc) is 2.98. The highest BCUT2D eigenvalue weighted by molar-refractivity contribution is 5.82. The molecule has 6 nitrogen and oxygen atoms in total. The van der Waals surface area contributed by atoms with E-state index in [0.717, 1.165) is 28.1 Å². The fourth-order valence-electron chi connectivity index (χ4n) is 2.60. The van der Waals surface area contributed by atoms with Gasteiger partial charge in [0.25, 0.3) is 0 Å². The van der Waals surface area contributed by atoms with Gasteiger partial charge in [-0.25, -0.2) is 4.98 Å². The van der Waals surface area contributed by atoms with Crippen molar-refractivity contribution < 1.29 is 10.2 Å². The highest BCUT2D eigenvalue weighted by atomic mass is 16.3. The minimum absolute atomic E-state index is 0.0484. The van der Waals surface area contributed by atoms with Crippen LogP contribution in [0.3, 0.4) is 0 Å². The van der Waals surface area contributed by atoms with Crippen molar-refractivity contribution in [2.24, 2.45) is 0 Å². The molecule has 0 aliphatic heterocycles. The molecule has 0 fully saturated rings. The number of hydrogen-bond acceptors (Lipinski definition) is 5. The van der Waals surface area contributed by atoms with Gasteiger partial charge in [0.2, 0.25) is 0 Å². The molecule has 0 saturated heterocycles. The topological polar surface area (TPSA) is 98.4 Å². The molecule has 3 aromatic rings. The molecule has 2 aromatic carbocycles. The summed E-state index contributed by atoms with van der Waals surface area (Å²) in [7, 11) is 0. The van der Waals surface area contributed by atoms with Crippen molar-refractivity contribution in [3.8, 4) is 11.4 Å². The number of benzene rings is 2. The minimum atomic E-state index is 0.0484. The second kappa shape index (κ2) is 6.68. The van der Waals surface area contributed by atoms with E-state index in [4.69, 9.17) is 15.9 Å². The summed E-state index contributed by atoms with van der Waals surface area (Å²) in [6.07, 6.45) is 0. The van der Waals surface area contributed by atoms with Gasteiger partial charge in [-0.05, 0) is 42.5 Å². The number of H-pyrrole nitrogens is 1. The summed E-state index contributed by atoms with van der Waals surface area (Å²) in [5.41, 5.74) is 10.2. The smallest absolute Gasteiger partial charge is 0.138 e. The Hall–Kier alpha value is -2.57. The number of aromatic amines is 1. The molecule has 0 radical (unpaired) electrons. The summed E-state index contributed by atoms with van der Waals surface area (Å²) >= 11 is 0. The Kier molecular flexibility index (Phi) is 4.45. The number of aromatic nitrogens is 2. The van der Waals surface area contributed by atoms with Gasteiger partial charge >= 0.3 is 0 Å². The number of hydrogen-bond donors (Lipinski definition) is 4. The van der Waals surface area contributed by atoms with E-state index in [1.54, 1.807) is 0 Å². The molecule has 1 heterocycles. The van der Waals surface area contributed by atoms with Gasteiger partial charge in [0, 0.05) is 30.0 Å². The second-order valence-corrected chi connectivity index (χ2v) is 5.34. The van der Waals surface area contributed by atoms with Gasteiger partial charge in [0.1, 0.15) is 5.82 Å². The van der Waals surface area contributed by atoms with Gasteiger partial charge in [0.05, 0.1) is 24.2 Å². The number of fused-ring (bicyclic) bond motifs is 1. The van der Waals surface area contributed by atoms with E-state index in [2.05, 4.69) is 9.97 Å². The van der Waals surface area contributed by atoms with Crippen molar-refractivity contribution in [3.63, 3.8) is 0 Å². The van der Waals surface area contributed by atoms with Gasteiger partial charge in [-0.2, -0.15) is 0 Å². The van der Waals surface area contributed by atoms with Gasteiger partial charge in [-0.1, -0.05) is 0 Å². The average molecular weight is 312 g/mol. The van der Waals surface area contributed by atoms with Crippen LogP contribution in [-0.2, 0) is 0 Å². The number of nitrogens with one attached hydrogen (secondary N) is 1. The van der Waals surface area contributed by atoms with E-state index in [0.29, 0.717) is 18.8 Å². The quantitative estimate of drug-likeness (QED) is 0.518. The molecule has 0 spiro atoms. The molecule has 0 saturated carbocycles. The molecule has 0 bridgehead atoms. The van der Waals surface area contributed by atoms with Gasteiger partial charge in [-0.15, -0.1) is 0 Å². The minimum Gasteiger partial charge on any atom is -0.399 e. The number of nitrogen functional groups attached to an aromatic ring is 1. The van der Waals surface area contributed by atoms with Crippen molar-refractivity contribution in [1.82, 2.24) is 9.97 Å². The molecular weight excluding hydrogens is 292 g/mol. The van der Waals surface area contributed by atoms with Gasteiger partial charge in [-0.3, -0.25) is 0 Å². The second-order valence-electron chi connectivity index (χ2n) is 5.34. The summed E-state index contributed by atoms with van der Waals surface area (Å²) in [6.45, 7) is 1.08. The normalized spacial score (nSPS) is 11.0. The number of aliphatic hydroxyl groups excluding tert-OH is 2. The molecule has 23 heavy (non-hydrogen) atoms. The molecule has 0 unspecified atom stereocenters. The lowest BCUT2D eigenvalue weighted by molar-refractivity contribution is 0.281. The lowest BCUT2D eigenvalue weighted by Gasteiger charge is -2.22. The Bertz CT molecular complexity index is 777. The van der Waals surface area contributed by atoms with Crippen LogP contribution >= 0.6 is 0 Å². The summed E-state index contributed by atoms with van der Waals surface area (Å²) in [5.74, 6) is 0.785. The van der Waals surface area contributed by atoms with Crippen LogP contribution in [0.15, 0.2) is 42.5 Å². The third-order valence-corrected chi connectivity index (χ3v) is 3.75. The Labute approximate surface area is 134 Å². The van der Waals surface area contributed by atoms with Crippen LogP contribution < -0.4 is 10.6 Å². The molecular formula is C17H20N4O2. The van der Waals surface area contributed by atoms with Crippen molar-refractivity contribution >= 4 is 22.4 Å². The Morgan fingerprint density at radius 3 is 2.35 bits per heavy atom. The number of aliphatic hydroxyl groups is 2. The zero-order valence-corrected chi connectivity index (χ0v) is 12.7. The lowest BCUT2D eigenvalue weighted by atomic mass is 10.2. The maximum Gasteiger partial charge on any atom is 0.138 e. The summed E-state index contributed by atoms with van der Waals surface area (Å²) in [6, 6.07) is 13.5. The highest BCUT2D eigenvalue weighted by Crippen LogP contribution is 2.24. The number of nitrogens with zero attached hydrogens (tertiary/aromatic N) is 2. The third kappa shape index (κ3) is 3.28. The van der Waals surface area contributed by atoms with E-state index in [1.807, 2.05) is 47.4 Å². The predicted molar refractivity (Wildman–Crippen MR) is 92.3 cm³/mol. The third-order valence-electron chi connectivity index (χ3n) is 3.75. The predicted octanol–water partition coefficient (Wildman–Crippen LogP) is 1.60. The van der Waals surface area contributed by atoms with Crippen LogP contribution in [0, 0.1) is 0 Å². The monoisotopic (exact) mass is 312 g/mol. The standard InChI is InChI=1S/C17H20N4O2/c18-13-3-6-15-16(11-13)20-17(19-15)12-1-4-14(5-2-12)21(7-9-22)8-10-23/h1-6,11,22-23H,7-10,18H2,(H,19,20). The van der Waals surface area contributed by atoms with E-state index in [9.17, 15) is 0 Å². The first-order valence-electron chi connectivity index (χ1n) is 7.53. The van der Waals surface area contributed by atoms with E-state index >= 15 is 0 Å². The van der Waals surface area contributed by atoms with Crippen LogP contribution in [0.5, 0.6) is 0 Å². The summed E-state index contributed by atoms with van der Waals surface area (Å²) in [5, 5.41) is 18.2. The first-order chi connectivity index (χ1) is 11.2. The molecule has 0 aliphatic rings. The number of nitrogens with two attached hydrogens (primary N) is 1. The fraction of sp³-hybridized carbons (Fsp3) is 0.235. The number of rotatable bonds is 6. The summed E-state index contributed by atoms with van der Waals surface area (Å²) < 4.78 is 0. The van der Waals surface area contributed by atoms with E-state index < -0.39 is 0 Å². The zero-order chi connectivity index (χ0) is 16.2. The highest BCUT2D eigenvalue weighted by Gasteiger charge is 2.08. The summed E-state index contributed by atoms with van der Waals surface area (Å²) in [4.78, 5) is 9.77. The van der Waals surface area contributed by atoms with E-state index in [-0.39, 0.29) is 13.2 Å². The number of anilines is 2. The van der Waals surface area contributed by atoms with Crippen LogP contribution in [0.25, 0.3) is 22.4 Å². The first kappa shape index (κ1) is 15.3. The van der Waals surface area contributed by atoms with Crippen molar-refractivity contribution in [3.05, 3.63) is 42.5 Å². The molecule has 120 valence electrons. The molecule has 0 aliphatic carbocycles. The molecule has 0 amide bonds. The first-order valence-corrected chi connectivity index (χ1v) is 7.53. The van der Waals surface area contributed by atoms with Crippen LogP contribution in [0.2, 0.25) is 0 Å². The van der Waals surface area contributed by atoms with Gasteiger partial charge < -0.3 is 25.8 Å². The van der Waals surface area contributed by atoms with Crippen molar-refractivity contribution in [2.45, 2.75) is 0 Å². The maximum atomic E-state index is 9.11. The molecule has 1 aromatic heterocycles.